The van der Waals surface area contributed by atoms with Crippen molar-refractivity contribution in [2.24, 2.45) is 0 Å². The van der Waals surface area contributed by atoms with Gasteiger partial charge in [-0.15, -0.1) is 0 Å². The summed E-state index contributed by atoms with van der Waals surface area (Å²) < 4.78 is 0. The standard InChI is InChI=1S/C41H44N2.C2H6/c1-3-5-8-12-30-16-20-32(21-17-30)42-34-24-26-38-39-27-25-35(43-33-22-18-31(19-23-33)13-9-6-4-2)29-41(39)37-15-11-7-10-14-36(37)40(38)28-34;1-2/h7,10-11,14,16-29,42-43H,3-6,8-9,12-13,15H2,1-2H3;1-2H3. The number of fused-ring (bicyclic) bond motifs is 6. The fourth-order valence-corrected chi connectivity index (χ4v) is 6.32. The van der Waals surface area contributed by atoms with E-state index < -0.39 is 0 Å². The van der Waals surface area contributed by atoms with Gasteiger partial charge in [0, 0.05) is 22.7 Å². The van der Waals surface area contributed by atoms with Crippen molar-refractivity contribution >= 4 is 50.4 Å². The van der Waals surface area contributed by atoms with E-state index in [-0.39, 0.29) is 0 Å². The molecule has 0 atom stereocenters. The van der Waals surface area contributed by atoms with Gasteiger partial charge < -0.3 is 10.6 Å². The molecule has 5 aromatic rings. The van der Waals surface area contributed by atoms with Crippen molar-refractivity contribution in [2.75, 3.05) is 10.6 Å². The first-order valence-electron chi connectivity index (χ1n) is 17.3. The lowest BCUT2D eigenvalue weighted by Gasteiger charge is -2.17. The molecule has 5 aromatic carbocycles. The Morgan fingerprint density at radius 2 is 1.00 bits per heavy atom. The minimum atomic E-state index is 0.918. The molecule has 1 aliphatic carbocycles. The topological polar surface area (TPSA) is 24.1 Å². The number of benzene rings is 5. The van der Waals surface area contributed by atoms with Crippen LogP contribution in [0, 0.1) is 0 Å². The highest BCUT2D eigenvalue weighted by molar-refractivity contribution is 6.14. The summed E-state index contributed by atoms with van der Waals surface area (Å²) in [4.78, 5) is 0. The van der Waals surface area contributed by atoms with Crippen LogP contribution < -0.4 is 10.6 Å². The van der Waals surface area contributed by atoms with Crippen LogP contribution in [0.4, 0.5) is 22.7 Å². The van der Waals surface area contributed by atoms with Crippen LogP contribution in [0.2, 0.25) is 0 Å². The SMILES string of the molecule is CC.CCCCCc1ccc(Nc2ccc3c(c2)c2c(c4cc(Nc5ccc(CCCCC)cc5)ccc43)CC=CC=C2)cc1. The number of unbranched alkanes of at least 4 members (excludes halogenated alkanes) is 4. The molecular formula is C43H50N2. The van der Waals surface area contributed by atoms with Gasteiger partial charge >= 0.3 is 0 Å². The molecule has 0 radical (unpaired) electrons. The van der Waals surface area contributed by atoms with Gasteiger partial charge in [0.25, 0.3) is 0 Å². The zero-order valence-corrected chi connectivity index (χ0v) is 27.8. The predicted molar refractivity (Wildman–Crippen MR) is 201 cm³/mol. The van der Waals surface area contributed by atoms with Gasteiger partial charge in [-0.05, 0) is 124 Å². The first-order valence-corrected chi connectivity index (χ1v) is 17.3. The van der Waals surface area contributed by atoms with Crippen LogP contribution in [0.1, 0.15) is 88.5 Å². The molecule has 0 spiro atoms. The van der Waals surface area contributed by atoms with Crippen molar-refractivity contribution in [3.63, 3.8) is 0 Å². The number of aryl methyl sites for hydroxylation is 2. The van der Waals surface area contributed by atoms with Crippen LogP contribution in [0.15, 0.2) is 103 Å². The van der Waals surface area contributed by atoms with Crippen LogP contribution >= 0.6 is 0 Å². The molecule has 1 aliphatic rings. The minimum absolute atomic E-state index is 0.918. The molecule has 45 heavy (non-hydrogen) atoms. The maximum Gasteiger partial charge on any atom is 0.0390 e. The van der Waals surface area contributed by atoms with E-state index in [4.69, 9.17) is 0 Å². The third-order valence-electron chi connectivity index (χ3n) is 8.73. The summed E-state index contributed by atoms with van der Waals surface area (Å²) in [7, 11) is 0. The third-order valence-corrected chi connectivity index (χ3v) is 8.73. The van der Waals surface area contributed by atoms with Gasteiger partial charge in [-0.25, -0.2) is 0 Å². The molecule has 0 bridgehead atoms. The van der Waals surface area contributed by atoms with Crippen molar-refractivity contribution in [3.8, 4) is 0 Å². The molecule has 0 heterocycles. The molecule has 232 valence electrons. The molecule has 2 heteroatoms. The first kappa shape index (κ1) is 32.1. The monoisotopic (exact) mass is 594 g/mol. The van der Waals surface area contributed by atoms with Gasteiger partial charge in [-0.3, -0.25) is 0 Å². The number of nitrogens with one attached hydrogen (secondary N) is 2. The Morgan fingerprint density at radius 3 is 1.53 bits per heavy atom. The predicted octanol–water partition coefficient (Wildman–Crippen LogP) is 13.1. The smallest absolute Gasteiger partial charge is 0.0390 e. The van der Waals surface area contributed by atoms with E-state index in [1.807, 2.05) is 13.8 Å². The first-order chi connectivity index (χ1) is 22.2. The Labute approximate surface area is 271 Å². The van der Waals surface area contributed by atoms with Crippen LogP contribution in [-0.4, -0.2) is 0 Å². The highest BCUT2D eigenvalue weighted by Gasteiger charge is 2.15. The lowest BCUT2D eigenvalue weighted by atomic mass is 9.89. The quantitative estimate of drug-likeness (QED) is 0.111. The van der Waals surface area contributed by atoms with Gasteiger partial charge in [-0.2, -0.15) is 0 Å². The van der Waals surface area contributed by atoms with E-state index in [0.717, 1.165) is 42.0 Å². The zero-order chi connectivity index (χ0) is 31.4. The van der Waals surface area contributed by atoms with E-state index in [0.29, 0.717) is 0 Å². The molecule has 2 nitrogen and oxygen atoms in total. The summed E-state index contributed by atoms with van der Waals surface area (Å²) in [5.41, 5.74) is 10.0. The molecule has 0 saturated carbocycles. The Kier molecular flexibility index (Phi) is 11.5. The number of allylic oxidation sites excluding steroid dienone is 3. The molecule has 2 N–H and O–H groups in total. The van der Waals surface area contributed by atoms with Gasteiger partial charge in [0.15, 0.2) is 0 Å². The van der Waals surface area contributed by atoms with Crippen LogP contribution in [0.3, 0.4) is 0 Å². The fourth-order valence-electron chi connectivity index (χ4n) is 6.32. The van der Waals surface area contributed by atoms with E-state index in [1.54, 1.807) is 0 Å². The van der Waals surface area contributed by atoms with Gasteiger partial charge in [0.05, 0.1) is 0 Å². The van der Waals surface area contributed by atoms with E-state index in [1.165, 1.54) is 82.3 Å². The molecule has 6 rings (SSSR count). The van der Waals surface area contributed by atoms with Crippen molar-refractivity contribution in [1.29, 1.82) is 0 Å². The number of hydrogen-bond donors (Lipinski definition) is 2. The fraction of sp³-hybridized carbons (Fsp3) is 0.302. The van der Waals surface area contributed by atoms with Crippen LogP contribution in [0.25, 0.3) is 27.6 Å². The summed E-state index contributed by atoms with van der Waals surface area (Å²) >= 11 is 0. The maximum atomic E-state index is 3.67. The second-order valence-electron chi connectivity index (χ2n) is 12.0. The zero-order valence-electron chi connectivity index (χ0n) is 27.8. The van der Waals surface area contributed by atoms with Crippen LogP contribution in [0.5, 0.6) is 0 Å². The molecule has 0 aliphatic heterocycles. The minimum Gasteiger partial charge on any atom is -0.356 e. The summed E-state index contributed by atoms with van der Waals surface area (Å²) in [6.07, 6.45) is 19.8. The second-order valence-corrected chi connectivity index (χ2v) is 12.0. The maximum absolute atomic E-state index is 3.67. The molecule has 0 saturated heterocycles. The Hall–Kier alpha value is -4.30. The van der Waals surface area contributed by atoms with Crippen LogP contribution in [-0.2, 0) is 19.3 Å². The number of hydrogen-bond acceptors (Lipinski definition) is 2. The molecule has 0 unspecified atom stereocenters. The van der Waals surface area contributed by atoms with E-state index >= 15 is 0 Å². The molecule has 0 aromatic heterocycles. The van der Waals surface area contributed by atoms with Gasteiger partial charge in [-0.1, -0.05) is 114 Å². The number of rotatable bonds is 12. The lowest BCUT2D eigenvalue weighted by molar-refractivity contribution is 0.717. The third kappa shape index (κ3) is 8.05. The van der Waals surface area contributed by atoms with Crippen molar-refractivity contribution < 1.29 is 0 Å². The van der Waals surface area contributed by atoms with Gasteiger partial charge in [0.2, 0.25) is 0 Å². The molecule has 0 amide bonds. The largest absolute Gasteiger partial charge is 0.356 e. The van der Waals surface area contributed by atoms with E-state index in [9.17, 15) is 0 Å². The van der Waals surface area contributed by atoms with Crippen molar-refractivity contribution in [1.82, 2.24) is 0 Å². The molecule has 0 fully saturated rings. The van der Waals surface area contributed by atoms with E-state index in [2.05, 4.69) is 134 Å². The summed E-state index contributed by atoms with van der Waals surface area (Å²) in [5.74, 6) is 0. The average Bonchev–Trinajstić information content (AvgIpc) is 3.34. The average molecular weight is 595 g/mol. The summed E-state index contributed by atoms with van der Waals surface area (Å²) in [6, 6.07) is 31.6. The normalized spacial score (nSPS) is 12.0. The van der Waals surface area contributed by atoms with Crippen molar-refractivity contribution in [3.05, 3.63) is 125 Å². The molecular weight excluding hydrogens is 544 g/mol. The number of anilines is 4. The highest BCUT2D eigenvalue weighted by Crippen LogP contribution is 2.38. The highest BCUT2D eigenvalue weighted by atomic mass is 14.9. The summed E-state index contributed by atoms with van der Waals surface area (Å²) in [6.45, 7) is 8.52. The van der Waals surface area contributed by atoms with Crippen molar-refractivity contribution in [2.45, 2.75) is 85.5 Å². The Bertz CT molecular complexity index is 1740. The Balaban J connectivity index is 0.00000196. The lowest BCUT2D eigenvalue weighted by Crippen LogP contribution is -1.97. The summed E-state index contributed by atoms with van der Waals surface area (Å²) in [5, 5.41) is 12.5. The van der Waals surface area contributed by atoms with Gasteiger partial charge in [0.1, 0.15) is 0 Å². The second kappa shape index (κ2) is 16.1. The Morgan fingerprint density at radius 1 is 0.511 bits per heavy atom.